The fraction of sp³-hybridized carbons (Fsp3) is 0.923. The van der Waals surface area contributed by atoms with Gasteiger partial charge in [-0.2, -0.15) is 0 Å². The van der Waals surface area contributed by atoms with E-state index in [4.69, 9.17) is 5.11 Å². The van der Waals surface area contributed by atoms with Gasteiger partial charge in [-0.25, -0.2) is 0 Å². The van der Waals surface area contributed by atoms with Crippen molar-refractivity contribution in [2.75, 3.05) is 19.7 Å². The Hall–Kier alpha value is -0.610. The van der Waals surface area contributed by atoms with Crippen molar-refractivity contribution in [2.45, 2.75) is 58.0 Å². The average Bonchev–Trinajstić information content (AvgIpc) is 2.76. The number of carbonyl (C=O) groups is 1. The summed E-state index contributed by atoms with van der Waals surface area (Å²) in [5, 5.41) is 11.9. The highest BCUT2D eigenvalue weighted by Gasteiger charge is 2.19. The summed E-state index contributed by atoms with van der Waals surface area (Å²) >= 11 is 0. The number of carbonyl (C=O) groups excluding carboxylic acids is 1. The molecule has 1 aliphatic carbocycles. The molecular weight excluding hydrogens is 216 g/mol. The Morgan fingerprint density at radius 3 is 2.59 bits per heavy atom. The zero-order chi connectivity index (χ0) is 12.7. The van der Waals surface area contributed by atoms with Crippen LogP contribution >= 0.6 is 0 Å². The van der Waals surface area contributed by atoms with E-state index in [1.54, 1.807) is 0 Å². The maximum atomic E-state index is 11.9. The minimum absolute atomic E-state index is 0.128. The van der Waals surface area contributed by atoms with Crippen LogP contribution in [0, 0.1) is 0 Å². The molecule has 1 amide bonds. The largest absolute Gasteiger partial charge is 0.396 e. The lowest BCUT2D eigenvalue weighted by molar-refractivity contribution is -0.123. The monoisotopic (exact) mass is 242 g/mol. The lowest BCUT2D eigenvalue weighted by Gasteiger charge is -2.26. The average molecular weight is 242 g/mol. The Kier molecular flexibility index (Phi) is 6.52. The van der Waals surface area contributed by atoms with Crippen molar-refractivity contribution in [3.8, 4) is 0 Å². The summed E-state index contributed by atoms with van der Waals surface area (Å²) in [7, 11) is 0. The smallest absolute Gasteiger partial charge is 0.234 e. The van der Waals surface area contributed by atoms with E-state index < -0.39 is 0 Å². The summed E-state index contributed by atoms with van der Waals surface area (Å²) in [5.41, 5.74) is 0. The third-order valence-corrected chi connectivity index (χ3v) is 3.40. The number of nitrogens with one attached hydrogen (secondary N) is 1. The minimum atomic E-state index is 0.128. The second kappa shape index (κ2) is 7.67. The van der Waals surface area contributed by atoms with E-state index in [-0.39, 0.29) is 12.5 Å². The van der Waals surface area contributed by atoms with Crippen molar-refractivity contribution in [3.63, 3.8) is 0 Å². The fourth-order valence-corrected chi connectivity index (χ4v) is 2.32. The molecule has 0 bridgehead atoms. The highest BCUT2D eigenvalue weighted by atomic mass is 16.3. The van der Waals surface area contributed by atoms with E-state index in [1.807, 2.05) is 0 Å². The van der Waals surface area contributed by atoms with Crippen molar-refractivity contribution in [1.82, 2.24) is 10.2 Å². The van der Waals surface area contributed by atoms with Gasteiger partial charge in [-0.1, -0.05) is 12.8 Å². The number of hydrogen-bond acceptors (Lipinski definition) is 3. The third-order valence-electron chi connectivity index (χ3n) is 3.40. The van der Waals surface area contributed by atoms with Crippen LogP contribution < -0.4 is 5.32 Å². The van der Waals surface area contributed by atoms with Gasteiger partial charge in [0, 0.05) is 25.2 Å². The predicted octanol–water partition coefficient (Wildman–Crippen LogP) is 1.14. The van der Waals surface area contributed by atoms with E-state index in [0.717, 1.165) is 25.8 Å². The van der Waals surface area contributed by atoms with Gasteiger partial charge in [0.1, 0.15) is 0 Å². The first-order valence-electron chi connectivity index (χ1n) is 6.77. The van der Waals surface area contributed by atoms with Crippen LogP contribution in [0.15, 0.2) is 0 Å². The molecule has 0 aromatic rings. The van der Waals surface area contributed by atoms with Gasteiger partial charge in [-0.05, 0) is 33.1 Å². The Balaban J connectivity index is 2.29. The maximum Gasteiger partial charge on any atom is 0.234 e. The van der Waals surface area contributed by atoms with Crippen LogP contribution in [-0.2, 0) is 4.79 Å². The number of aliphatic hydroxyl groups is 1. The third kappa shape index (κ3) is 5.50. The first-order valence-corrected chi connectivity index (χ1v) is 6.77. The van der Waals surface area contributed by atoms with Crippen molar-refractivity contribution < 1.29 is 9.90 Å². The molecule has 0 atom stereocenters. The number of aliphatic hydroxyl groups excluding tert-OH is 1. The van der Waals surface area contributed by atoms with E-state index in [0.29, 0.717) is 18.6 Å². The van der Waals surface area contributed by atoms with Gasteiger partial charge in [0.2, 0.25) is 5.91 Å². The topological polar surface area (TPSA) is 52.6 Å². The molecular formula is C13H26N2O2. The van der Waals surface area contributed by atoms with Crippen LogP contribution in [0.25, 0.3) is 0 Å². The summed E-state index contributed by atoms with van der Waals surface area (Å²) < 4.78 is 0. The summed E-state index contributed by atoms with van der Waals surface area (Å²) in [6.07, 6.45) is 5.47. The molecule has 0 unspecified atom stereocenters. The van der Waals surface area contributed by atoms with E-state index >= 15 is 0 Å². The molecule has 4 nitrogen and oxygen atoms in total. The standard InChI is InChI=1S/C13H26N2O2/c1-11(2)15(8-5-9-16)10-13(17)14-12-6-3-4-7-12/h11-12,16H,3-10H2,1-2H3,(H,14,17). The Labute approximate surface area is 104 Å². The summed E-state index contributed by atoms with van der Waals surface area (Å²) in [6.45, 7) is 5.59. The molecule has 2 N–H and O–H groups in total. The molecule has 0 aromatic heterocycles. The number of amides is 1. The quantitative estimate of drug-likeness (QED) is 0.704. The zero-order valence-electron chi connectivity index (χ0n) is 11.1. The Morgan fingerprint density at radius 2 is 2.06 bits per heavy atom. The molecule has 0 radical (unpaired) electrons. The van der Waals surface area contributed by atoms with Crippen LogP contribution in [0.1, 0.15) is 46.0 Å². The SMILES string of the molecule is CC(C)N(CCCO)CC(=O)NC1CCCC1. The highest BCUT2D eigenvalue weighted by molar-refractivity contribution is 5.78. The predicted molar refractivity (Wildman–Crippen MR) is 68.8 cm³/mol. The van der Waals surface area contributed by atoms with Crippen LogP contribution in [0.3, 0.4) is 0 Å². The summed E-state index contributed by atoms with van der Waals surface area (Å²) in [5.74, 6) is 0.128. The van der Waals surface area contributed by atoms with Crippen molar-refractivity contribution in [1.29, 1.82) is 0 Å². The van der Waals surface area contributed by atoms with Crippen LogP contribution in [0.4, 0.5) is 0 Å². The zero-order valence-corrected chi connectivity index (χ0v) is 11.1. The molecule has 0 spiro atoms. The van der Waals surface area contributed by atoms with E-state index in [1.165, 1.54) is 12.8 Å². The van der Waals surface area contributed by atoms with Crippen LogP contribution in [0.2, 0.25) is 0 Å². The van der Waals surface area contributed by atoms with Crippen LogP contribution in [0.5, 0.6) is 0 Å². The summed E-state index contributed by atoms with van der Waals surface area (Å²) in [4.78, 5) is 14.0. The second-order valence-electron chi connectivity index (χ2n) is 5.19. The molecule has 0 saturated heterocycles. The lowest BCUT2D eigenvalue weighted by Crippen LogP contribution is -2.44. The van der Waals surface area contributed by atoms with E-state index in [2.05, 4.69) is 24.1 Å². The second-order valence-corrected chi connectivity index (χ2v) is 5.19. The maximum absolute atomic E-state index is 11.9. The number of rotatable bonds is 7. The Morgan fingerprint density at radius 1 is 1.41 bits per heavy atom. The normalized spacial score (nSPS) is 17.0. The van der Waals surface area contributed by atoms with Crippen LogP contribution in [-0.4, -0.2) is 47.7 Å². The molecule has 0 aliphatic heterocycles. The number of hydrogen-bond donors (Lipinski definition) is 2. The van der Waals surface area contributed by atoms with Gasteiger partial charge in [0.15, 0.2) is 0 Å². The first kappa shape index (κ1) is 14.5. The number of nitrogens with zero attached hydrogens (tertiary/aromatic N) is 1. The molecule has 100 valence electrons. The van der Waals surface area contributed by atoms with Gasteiger partial charge >= 0.3 is 0 Å². The molecule has 1 fully saturated rings. The van der Waals surface area contributed by atoms with E-state index in [9.17, 15) is 4.79 Å². The highest BCUT2D eigenvalue weighted by Crippen LogP contribution is 2.17. The van der Waals surface area contributed by atoms with Gasteiger partial charge < -0.3 is 10.4 Å². The van der Waals surface area contributed by atoms with Gasteiger partial charge in [-0.15, -0.1) is 0 Å². The molecule has 1 saturated carbocycles. The summed E-state index contributed by atoms with van der Waals surface area (Å²) in [6, 6.07) is 0.741. The molecule has 0 heterocycles. The lowest BCUT2D eigenvalue weighted by atomic mass is 10.2. The first-order chi connectivity index (χ1) is 8.13. The molecule has 1 rings (SSSR count). The molecule has 0 aromatic carbocycles. The molecule has 4 heteroatoms. The minimum Gasteiger partial charge on any atom is -0.396 e. The van der Waals surface area contributed by atoms with Crippen molar-refractivity contribution >= 4 is 5.91 Å². The van der Waals surface area contributed by atoms with Crippen molar-refractivity contribution in [3.05, 3.63) is 0 Å². The molecule has 1 aliphatic rings. The van der Waals surface area contributed by atoms with Gasteiger partial charge in [0.25, 0.3) is 0 Å². The van der Waals surface area contributed by atoms with Gasteiger partial charge in [0.05, 0.1) is 6.54 Å². The Bertz CT molecular complexity index is 225. The molecule has 17 heavy (non-hydrogen) atoms. The van der Waals surface area contributed by atoms with Gasteiger partial charge in [-0.3, -0.25) is 9.69 Å². The van der Waals surface area contributed by atoms with Crippen molar-refractivity contribution in [2.24, 2.45) is 0 Å². The fourth-order valence-electron chi connectivity index (χ4n) is 2.32.